The van der Waals surface area contributed by atoms with Gasteiger partial charge in [-0.1, -0.05) is 38.3 Å². The van der Waals surface area contributed by atoms with E-state index in [1.54, 1.807) is 7.11 Å². The summed E-state index contributed by atoms with van der Waals surface area (Å²) in [5, 5.41) is 9.70. The Morgan fingerprint density at radius 1 is 1.15 bits per heavy atom. The molecule has 1 aliphatic rings. The molecule has 5 nitrogen and oxygen atoms in total. The van der Waals surface area contributed by atoms with E-state index in [0.29, 0.717) is 6.04 Å². The highest BCUT2D eigenvalue weighted by molar-refractivity contribution is 7.16. The summed E-state index contributed by atoms with van der Waals surface area (Å²) in [6.07, 6.45) is 2.84. The van der Waals surface area contributed by atoms with Crippen LogP contribution in [0.25, 0.3) is 16.5 Å². The number of nitrogens with zero attached hydrogens (tertiary/aromatic N) is 1. The first-order chi connectivity index (χ1) is 19.3. The van der Waals surface area contributed by atoms with Crippen LogP contribution in [0, 0.1) is 6.92 Å². The third-order valence-corrected chi connectivity index (χ3v) is 9.40. The second-order valence-electron chi connectivity index (χ2n) is 11.0. The summed E-state index contributed by atoms with van der Waals surface area (Å²) in [4.78, 5) is 7.61. The first kappa shape index (κ1) is 28.1. The summed E-state index contributed by atoms with van der Waals surface area (Å²) in [5.41, 5.74) is 11.4. The van der Waals surface area contributed by atoms with Gasteiger partial charge in [0.2, 0.25) is 0 Å². The van der Waals surface area contributed by atoms with Crippen LogP contribution in [0.3, 0.4) is 0 Å². The smallest absolute Gasteiger partial charge is 0.118 e. The van der Waals surface area contributed by atoms with Crippen LogP contribution in [0.5, 0.6) is 5.75 Å². The van der Waals surface area contributed by atoms with E-state index < -0.39 is 0 Å². The molecule has 2 aromatic carbocycles. The quantitative estimate of drug-likeness (QED) is 0.180. The Labute approximate surface area is 243 Å². The first-order valence-electron chi connectivity index (χ1n) is 14.2. The molecular weight excluding hydrogens is 512 g/mol. The summed E-state index contributed by atoms with van der Waals surface area (Å²) in [6, 6.07) is 15.5. The van der Waals surface area contributed by atoms with Crippen molar-refractivity contribution in [2.75, 3.05) is 26.0 Å². The molecule has 0 fully saturated rings. The van der Waals surface area contributed by atoms with Crippen molar-refractivity contribution in [3.05, 3.63) is 99.7 Å². The van der Waals surface area contributed by atoms with Gasteiger partial charge in [-0.2, -0.15) is 0 Å². The molecule has 40 heavy (non-hydrogen) atoms. The number of nitrogens with one attached hydrogen (secondary N) is 3. The highest BCUT2D eigenvalue weighted by atomic mass is 32.1. The highest BCUT2D eigenvalue weighted by Crippen LogP contribution is 2.42. The van der Waals surface area contributed by atoms with Crippen molar-refractivity contribution >= 4 is 32.8 Å². The molecule has 6 heteroatoms. The number of rotatable bonds is 11. The molecule has 2 aromatic heterocycles. The predicted molar refractivity (Wildman–Crippen MR) is 172 cm³/mol. The molecule has 1 unspecified atom stereocenters. The number of hydrogen-bond acceptors (Lipinski definition) is 5. The number of ether oxygens (including phenoxy) is 1. The van der Waals surface area contributed by atoms with Crippen LogP contribution >= 0.6 is 11.3 Å². The van der Waals surface area contributed by atoms with Gasteiger partial charge in [-0.15, -0.1) is 11.3 Å². The molecule has 3 heterocycles. The number of aromatic amines is 1. The van der Waals surface area contributed by atoms with Crippen LogP contribution in [0.2, 0.25) is 0 Å². The Morgan fingerprint density at radius 3 is 2.58 bits per heavy atom. The van der Waals surface area contributed by atoms with E-state index in [0.717, 1.165) is 55.9 Å². The number of thiophene rings is 1. The maximum atomic E-state index is 5.38. The van der Waals surface area contributed by atoms with Crippen molar-refractivity contribution in [2.45, 2.75) is 59.2 Å². The Bertz CT molecular complexity index is 1530. The van der Waals surface area contributed by atoms with E-state index in [9.17, 15) is 0 Å². The molecule has 0 amide bonds. The average Bonchev–Trinajstić information content (AvgIpc) is 3.47. The molecule has 0 saturated carbocycles. The van der Waals surface area contributed by atoms with E-state index in [1.807, 2.05) is 18.4 Å². The van der Waals surface area contributed by atoms with Gasteiger partial charge in [-0.3, -0.25) is 4.90 Å². The summed E-state index contributed by atoms with van der Waals surface area (Å²) < 4.78 is 5.38. The normalized spacial score (nSPS) is 15.2. The van der Waals surface area contributed by atoms with Gasteiger partial charge in [0.05, 0.1) is 12.1 Å². The molecule has 0 bridgehead atoms. The van der Waals surface area contributed by atoms with Gasteiger partial charge in [0.25, 0.3) is 0 Å². The molecule has 3 N–H and O–H groups in total. The average molecular weight is 555 g/mol. The zero-order chi connectivity index (χ0) is 28.4. The lowest BCUT2D eigenvalue weighted by Crippen LogP contribution is -2.45. The van der Waals surface area contributed by atoms with E-state index >= 15 is 0 Å². The first-order valence-corrected chi connectivity index (χ1v) is 15.0. The zero-order valence-electron chi connectivity index (χ0n) is 24.5. The maximum absolute atomic E-state index is 5.38. The molecule has 4 aromatic rings. The fourth-order valence-corrected chi connectivity index (χ4v) is 7.22. The third kappa shape index (κ3) is 5.70. The second-order valence-corrected chi connectivity index (χ2v) is 12.1. The Kier molecular flexibility index (Phi) is 8.38. The molecule has 1 aliphatic heterocycles. The van der Waals surface area contributed by atoms with Gasteiger partial charge in [-0.25, -0.2) is 0 Å². The fraction of sp³-hybridized carbons (Fsp3) is 0.353. The standard InChI is InChI=1S/C34H42N4OS/c1-8-24-11-14-31-29(16-24)28(23(5)37-31)15-22(4)36-18-26-17-30-32(40-34(35-6)33(30)21(2)3)20-38(26)19-25-9-12-27(39-7)13-10-25/h9-14,16,26,35-37H,2,4,8,15,17-20H2,1,3,5-7H3. The van der Waals surface area contributed by atoms with Crippen molar-refractivity contribution < 1.29 is 4.74 Å². The molecule has 0 aliphatic carbocycles. The van der Waals surface area contributed by atoms with Crippen LogP contribution in [0.1, 0.15) is 52.2 Å². The topological polar surface area (TPSA) is 52.3 Å². The summed E-state index contributed by atoms with van der Waals surface area (Å²) in [6.45, 7) is 17.9. The lowest BCUT2D eigenvalue weighted by atomic mass is 9.93. The number of hydrogen-bond donors (Lipinski definition) is 3. The lowest BCUT2D eigenvalue weighted by molar-refractivity contribution is 0.163. The summed E-state index contributed by atoms with van der Waals surface area (Å²) in [5.74, 6) is 0.890. The van der Waals surface area contributed by atoms with Crippen LogP contribution < -0.4 is 15.4 Å². The number of aromatic nitrogens is 1. The molecular formula is C34H42N4OS. The van der Waals surface area contributed by atoms with Gasteiger partial charge in [-0.05, 0) is 78.8 Å². The molecule has 5 rings (SSSR count). The molecule has 0 saturated heterocycles. The van der Waals surface area contributed by atoms with Crippen molar-refractivity contribution in [3.8, 4) is 5.75 Å². The monoisotopic (exact) mass is 554 g/mol. The van der Waals surface area contributed by atoms with Crippen LogP contribution in [-0.2, 0) is 32.4 Å². The van der Waals surface area contributed by atoms with Gasteiger partial charge >= 0.3 is 0 Å². The number of aryl methyl sites for hydroxylation is 2. The van der Waals surface area contributed by atoms with Crippen molar-refractivity contribution in [1.29, 1.82) is 0 Å². The summed E-state index contributed by atoms with van der Waals surface area (Å²) >= 11 is 1.87. The largest absolute Gasteiger partial charge is 0.497 e. The van der Waals surface area contributed by atoms with Gasteiger partial charge < -0.3 is 20.4 Å². The van der Waals surface area contributed by atoms with Crippen LogP contribution in [0.15, 0.2) is 61.3 Å². The number of allylic oxidation sites excluding steroid dienone is 2. The maximum Gasteiger partial charge on any atom is 0.118 e. The Hall–Kier alpha value is -3.48. The number of H-pyrrole nitrogens is 1. The van der Waals surface area contributed by atoms with E-state index in [4.69, 9.17) is 4.74 Å². The molecule has 210 valence electrons. The number of fused-ring (bicyclic) bond motifs is 2. The minimum Gasteiger partial charge on any atom is -0.497 e. The molecule has 1 atom stereocenters. The van der Waals surface area contributed by atoms with E-state index in [2.05, 4.69) is 96.9 Å². The fourth-order valence-electron chi connectivity index (χ4n) is 5.93. The van der Waals surface area contributed by atoms with Crippen LogP contribution in [-0.4, -0.2) is 36.6 Å². The van der Waals surface area contributed by atoms with Crippen LogP contribution in [0.4, 0.5) is 5.00 Å². The number of anilines is 1. The SMILES string of the molecule is C=C(Cc1c(C)[nH]c2ccc(CC)cc12)NCC1Cc2c(sc(NC)c2C(=C)C)CN1Cc1ccc(OC)cc1. The van der Waals surface area contributed by atoms with Gasteiger partial charge in [0.1, 0.15) is 5.75 Å². The highest BCUT2D eigenvalue weighted by Gasteiger charge is 2.31. The van der Waals surface area contributed by atoms with Gasteiger partial charge in [0, 0.05) is 71.9 Å². The Balaban J connectivity index is 1.36. The van der Waals surface area contributed by atoms with E-state index in [-0.39, 0.29) is 0 Å². The molecule has 0 spiro atoms. The predicted octanol–water partition coefficient (Wildman–Crippen LogP) is 7.46. The summed E-state index contributed by atoms with van der Waals surface area (Å²) in [7, 11) is 3.73. The second kappa shape index (κ2) is 11.9. The zero-order valence-corrected chi connectivity index (χ0v) is 25.4. The lowest BCUT2D eigenvalue weighted by Gasteiger charge is -2.36. The van der Waals surface area contributed by atoms with Crippen molar-refractivity contribution in [2.24, 2.45) is 0 Å². The van der Waals surface area contributed by atoms with Crippen molar-refractivity contribution in [1.82, 2.24) is 15.2 Å². The Morgan fingerprint density at radius 2 is 1.90 bits per heavy atom. The number of benzene rings is 2. The minimum absolute atomic E-state index is 0.333. The minimum atomic E-state index is 0.333. The van der Waals surface area contributed by atoms with E-state index in [1.165, 1.54) is 54.3 Å². The van der Waals surface area contributed by atoms with Crippen molar-refractivity contribution in [3.63, 3.8) is 0 Å². The van der Waals surface area contributed by atoms with Gasteiger partial charge in [0.15, 0.2) is 0 Å². The number of methoxy groups -OCH3 is 1. The molecule has 0 radical (unpaired) electrons. The third-order valence-electron chi connectivity index (χ3n) is 8.16.